The Morgan fingerprint density at radius 3 is 2.41 bits per heavy atom. The fourth-order valence-corrected chi connectivity index (χ4v) is 2.88. The van der Waals surface area contributed by atoms with Gasteiger partial charge < -0.3 is 15.7 Å². The van der Waals surface area contributed by atoms with Crippen molar-refractivity contribution in [1.82, 2.24) is 5.32 Å². The molecule has 3 N–H and O–H groups in total. The number of anilines is 1. The van der Waals surface area contributed by atoms with Gasteiger partial charge in [-0.3, -0.25) is 9.59 Å². The van der Waals surface area contributed by atoms with Crippen molar-refractivity contribution in [3.8, 4) is 0 Å². The predicted octanol–water partition coefficient (Wildman–Crippen LogP) is 1.93. The molecule has 0 radical (unpaired) electrons. The Labute approximate surface area is 130 Å². The molecule has 2 saturated carbocycles. The van der Waals surface area contributed by atoms with Crippen LogP contribution in [0.2, 0.25) is 0 Å². The molecule has 22 heavy (non-hydrogen) atoms. The Morgan fingerprint density at radius 2 is 1.82 bits per heavy atom. The number of rotatable bonds is 5. The zero-order valence-corrected chi connectivity index (χ0v) is 12.5. The van der Waals surface area contributed by atoms with Crippen LogP contribution in [0.1, 0.15) is 42.5 Å². The normalized spacial score (nSPS) is 24.0. The summed E-state index contributed by atoms with van der Waals surface area (Å²) < 4.78 is 0. The topological polar surface area (TPSA) is 78.4 Å². The number of aliphatic hydroxyl groups is 1. The van der Waals surface area contributed by atoms with E-state index >= 15 is 0 Å². The van der Waals surface area contributed by atoms with Gasteiger partial charge in [-0.15, -0.1) is 0 Å². The first-order chi connectivity index (χ1) is 10.6. The molecule has 2 aliphatic rings. The maximum absolute atomic E-state index is 12.1. The molecule has 5 heteroatoms. The van der Waals surface area contributed by atoms with E-state index in [1.54, 1.807) is 24.3 Å². The van der Waals surface area contributed by atoms with Crippen LogP contribution < -0.4 is 10.6 Å². The van der Waals surface area contributed by atoms with Crippen LogP contribution in [-0.2, 0) is 4.79 Å². The number of hydrogen-bond acceptors (Lipinski definition) is 3. The van der Waals surface area contributed by atoms with E-state index in [0.717, 1.165) is 37.8 Å². The van der Waals surface area contributed by atoms with E-state index in [4.69, 9.17) is 0 Å². The SMILES string of the molecule is O=C(NCC1CCCC1O)c1ccc(NC(=O)C2CC2)cc1. The number of benzene rings is 1. The lowest BCUT2D eigenvalue weighted by molar-refractivity contribution is -0.117. The molecule has 118 valence electrons. The van der Waals surface area contributed by atoms with Crippen molar-refractivity contribution in [2.45, 2.75) is 38.2 Å². The van der Waals surface area contributed by atoms with Crippen molar-refractivity contribution in [3.05, 3.63) is 29.8 Å². The van der Waals surface area contributed by atoms with E-state index in [9.17, 15) is 14.7 Å². The average Bonchev–Trinajstić information content (AvgIpc) is 3.29. The summed E-state index contributed by atoms with van der Waals surface area (Å²) in [4.78, 5) is 23.7. The highest BCUT2D eigenvalue weighted by molar-refractivity contribution is 5.96. The van der Waals surface area contributed by atoms with Crippen LogP contribution in [0.5, 0.6) is 0 Å². The summed E-state index contributed by atoms with van der Waals surface area (Å²) in [7, 11) is 0. The Kier molecular flexibility index (Phi) is 4.43. The summed E-state index contributed by atoms with van der Waals surface area (Å²) in [5.41, 5.74) is 1.29. The fourth-order valence-electron chi connectivity index (χ4n) is 2.88. The Morgan fingerprint density at radius 1 is 1.09 bits per heavy atom. The van der Waals surface area contributed by atoms with Crippen LogP contribution in [0.15, 0.2) is 24.3 Å². The summed E-state index contributed by atoms with van der Waals surface area (Å²) in [5.74, 6) is 0.258. The van der Waals surface area contributed by atoms with Crippen molar-refractivity contribution in [1.29, 1.82) is 0 Å². The van der Waals surface area contributed by atoms with Crippen LogP contribution in [0.3, 0.4) is 0 Å². The molecule has 0 aromatic heterocycles. The lowest BCUT2D eigenvalue weighted by Gasteiger charge is -2.15. The molecule has 0 heterocycles. The highest BCUT2D eigenvalue weighted by Crippen LogP contribution is 2.30. The largest absolute Gasteiger partial charge is 0.393 e. The first-order valence-electron chi connectivity index (χ1n) is 8.00. The molecule has 5 nitrogen and oxygen atoms in total. The maximum atomic E-state index is 12.1. The van der Waals surface area contributed by atoms with Crippen molar-refractivity contribution < 1.29 is 14.7 Å². The summed E-state index contributed by atoms with van der Waals surface area (Å²) in [5, 5.41) is 15.5. The van der Waals surface area contributed by atoms with Gasteiger partial charge in [0, 0.05) is 29.6 Å². The van der Waals surface area contributed by atoms with Crippen LogP contribution in [0, 0.1) is 11.8 Å². The Hall–Kier alpha value is -1.88. The van der Waals surface area contributed by atoms with E-state index in [0.29, 0.717) is 12.1 Å². The quantitative estimate of drug-likeness (QED) is 0.777. The first kappa shape index (κ1) is 15.0. The molecular weight excluding hydrogens is 280 g/mol. The fraction of sp³-hybridized carbons (Fsp3) is 0.529. The number of hydrogen-bond donors (Lipinski definition) is 3. The van der Waals surface area contributed by atoms with E-state index in [1.807, 2.05) is 0 Å². The van der Waals surface area contributed by atoms with Gasteiger partial charge in [0.2, 0.25) is 5.91 Å². The maximum Gasteiger partial charge on any atom is 0.251 e. The average molecular weight is 302 g/mol. The molecule has 0 spiro atoms. The van der Waals surface area contributed by atoms with Gasteiger partial charge in [-0.1, -0.05) is 6.42 Å². The van der Waals surface area contributed by atoms with Gasteiger partial charge in [0.05, 0.1) is 6.10 Å². The van der Waals surface area contributed by atoms with Crippen molar-refractivity contribution in [2.75, 3.05) is 11.9 Å². The summed E-state index contributed by atoms with van der Waals surface area (Å²) in [6.07, 6.45) is 4.47. The van der Waals surface area contributed by atoms with Gasteiger partial charge in [0.25, 0.3) is 5.91 Å². The third-order valence-corrected chi connectivity index (χ3v) is 4.51. The van der Waals surface area contributed by atoms with Gasteiger partial charge in [-0.2, -0.15) is 0 Å². The number of aliphatic hydroxyl groups excluding tert-OH is 1. The standard InChI is InChI=1S/C17H22N2O3/c20-15-3-1-2-13(15)10-18-16(21)11-6-8-14(9-7-11)19-17(22)12-4-5-12/h6-9,12-13,15,20H,1-5,10H2,(H,18,21)(H,19,22). The zero-order valence-electron chi connectivity index (χ0n) is 12.5. The molecular formula is C17H22N2O3. The second kappa shape index (κ2) is 6.48. The van der Waals surface area contributed by atoms with Crippen molar-refractivity contribution in [3.63, 3.8) is 0 Å². The minimum atomic E-state index is -0.291. The van der Waals surface area contributed by atoms with Crippen LogP contribution in [0.25, 0.3) is 0 Å². The van der Waals surface area contributed by atoms with Gasteiger partial charge in [0.15, 0.2) is 0 Å². The molecule has 0 bridgehead atoms. The first-order valence-corrected chi connectivity index (χ1v) is 8.00. The molecule has 2 atom stereocenters. The molecule has 3 rings (SSSR count). The number of carbonyl (C=O) groups is 2. The predicted molar refractivity (Wildman–Crippen MR) is 83.5 cm³/mol. The van der Waals surface area contributed by atoms with Crippen LogP contribution in [-0.4, -0.2) is 29.6 Å². The Bertz CT molecular complexity index is 552. The summed E-state index contributed by atoms with van der Waals surface area (Å²) in [6, 6.07) is 6.92. The lowest BCUT2D eigenvalue weighted by atomic mass is 10.1. The number of amides is 2. The third kappa shape index (κ3) is 3.65. The highest BCUT2D eigenvalue weighted by Gasteiger charge is 2.29. The molecule has 1 aromatic rings. The van der Waals surface area contributed by atoms with Crippen molar-refractivity contribution >= 4 is 17.5 Å². The minimum absolute atomic E-state index is 0.0624. The van der Waals surface area contributed by atoms with Crippen molar-refractivity contribution in [2.24, 2.45) is 11.8 Å². The molecule has 2 aliphatic carbocycles. The van der Waals surface area contributed by atoms with E-state index in [2.05, 4.69) is 10.6 Å². The monoisotopic (exact) mass is 302 g/mol. The van der Waals surface area contributed by atoms with E-state index in [1.165, 1.54) is 0 Å². The van der Waals surface area contributed by atoms with Crippen LogP contribution in [0.4, 0.5) is 5.69 Å². The van der Waals surface area contributed by atoms with Crippen LogP contribution >= 0.6 is 0 Å². The van der Waals surface area contributed by atoms with Gasteiger partial charge >= 0.3 is 0 Å². The van der Waals surface area contributed by atoms with Gasteiger partial charge in [-0.05, 0) is 49.9 Å². The molecule has 0 aliphatic heterocycles. The second-order valence-corrected chi connectivity index (χ2v) is 6.31. The van der Waals surface area contributed by atoms with Gasteiger partial charge in [-0.25, -0.2) is 0 Å². The molecule has 2 amide bonds. The van der Waals surface area contributed by atoms with E-state index in [-0.39, 0.29) is 29.8 Å². The van der Waals surface area contributed by atoms with Gasteiger partial charge in [0.1, 0.15) is 0 Å². The molecule has 2 unspecified atom stereocenters. The molecule has 2 fully saturated rings. The molecule has 1 aromatic carbocycles. The third-order valence-electron chi connectivity index (χ3n) is 4.51. The highest BCUT2D eigenvalue weighted by atomic mass is 16.3. The number of nitrogens with one attached hydrogen (secondary N) is 2. The summed E-state index contributed by atoms with van der Waals surface area (Å²) >= 11 is 0. The number of carbonyl (C=O) groups excluding carboxylic acids is 2. The second-order valence-electron chi connectivity index (χ2n) is 6.31. The lowest BCUT2D eigenvalue weighted by Crippen LogP contribution is -2.32. The van der Waals surface area contributed by atoms with E-state index < -0.39 is 0 Å². The Balaban J connectivity index is 1.50. The summed E-state index contributed by atoms with van der Waals surface area (Å²) in [6.45, 7) is 0.514. The minimum Gasteiger partial charge on any atom is -0.393 e. The zero-order chi connectivity index (χ0) is 15.5. The smallest absolute Gasteiger partial charge is 0.251 e. The molecule has 0 saturated heterocycles.